The summed E-state index contributed by atoms with van der Waals surface area (Å²) in [7, 11) is -2.98. The molecule has 0 aliphatic carbocycles. The van der Waals surface area contributed by atoms with Gasteiger partial charge in [0.15, 0.2) is 9.84 Å². The van der Waals surface area contributed by atoms with Crippen LogP contribution in [0.1, 0.15) is 30.1 Å². The fourth-order valence-corrected chi connectivity index (χ4v) is 4.31. The van der Waals surface area contributed by atoms with Crippen molar-refractivity contribution in [3.05, 3.63) is 29.8 Å². The van der Waals surface area contributed by atoms with Crippen LogP contribution < -0.4 is 5.32 Å². The minimum atomic E-state index is -2.98. The molecule has 0 bridgehead atoms. The summed E-state index contributed by atoms with van der Waals surface area (Å²) in [6.45, 7) is 2.00. The number of carbonyl (C=O) groups excluding carboxylic acids is 2. The summed E-state index contributed by atoms with van der Waals surface area (Å²) in [4.78, 5) is 23.6. The van der Waals surface area contributed by atoms with Gasteiger partial charge >= 0.3 is 5.97 Å². The van der Waals surface area contributed by atoms with Gasteiger partial charge in [-0.15, -0.1) is 0 Å². The summed E-state index contributed by atoms with van der Waals surface area (Å²) in [5.41, 5.74) is 0.861. The molecule has 6 nitrogen and oxygen atoms in total. The SMILES string of the molecule is CCOC(=O)c1cccc(NC(=O)C[C@@H]2CCS(=O)(=O)C2)c1. The van der Waals surface area contributed by atoms with Crippen molar-refractivity contribution in [1.82, 2.24) is 0 Å². The number of sulfone groups is 1. The molecule has 1 saturated heterocycles. The Labute approximate surface area is 129 Å². The molecule has 22 heavy (non-hydrogen) atoms. The Balaban J connectivity index is 1.94. The van der Waals surface area contributed by atoms with Gasteiger partial charge in [-0.2, -0.15) is 0 Å². The molecule has 0 radical (unpaired) electrons. The Morgan fingerprint density at radius 3 is 2.77 bits per heavy atom. The standard InChI is InChI=1S/C15H19NO5S/c1-2-21-15(18)12-4-3-5-13(9-12)16-14(17)8-11-6-7-22(19,20)10-11/h3-5,9,11H,2,6-8,10H2,1H3,(H,16,17)/t11-/m0/s1. The number of hydrogen-bond donors (Lipinski definition) is 1. The van der Waals surface area contributed by atoms with Crippen molar-refractivity contribution in [1.29, 1.82) is 0 Å². The zero-order valence-corrected chi connectivity index (χ0v) is 13.2. The smallest absolute Gasteiger partial charge is 0.338 e. The molecule has 0 saturated carbocycles. The zero-order valence-electron chi connectivity index (χ0n) is 12.4. The fraction of sp³-hybridized carbons (Fsp3) is 0.467. The quantitative estimate of drug-likeness (QED) is 0.831. The molecule has 1 aromatic rings. The molecule has 1 N–H and O–H groups in total. The van der Waals surface area contributed by atoms with Gasteiger partial charge in [0, 0.05) is 12.1 Å². The average molecular weight is 325 g/mol. The van der Waals surface area contributed by atoms with Crippen LogP contribution in [0, 0.1) is 5.92 Å². The van der Waals surface area contributed by atoms with Crippen molar-refractivity contribution < 1.29 is 22.7 Å². The van der Waals surface area contributed by atoms with Crippen molar-refractivity contribution in [3.63, 3.8) is 0 Å². The summed E-state index contributed by atoms with van der Waals surface area (Å²) >= 11 is 0. The number of benzene rings is 1. The Hall–Kier alpha value is -1.89. The van der Waals surface area contributed by atoms with Crippen LogP contribution in [-0.4, -0.2) is 38.4 Å². The highest BCUT2D eigenvalue weighted by Gasteiger charge is 2.29. The molecular formula is C15H19NO5S. The third kappa shape index (κ3) is 4.56. The first-order valence-corrected chi connectivity index (χ1v) is 8.99. The Bertz CT molecular complexity index is 668. The van der Waals surface area contributed by atoms with Gasteiger partial charge in [0.25, 0.3) is 0 Å². The predicted molar refractivity (Wildman–Crippen MR) is 82.4 cm³/mol. The summed E-state index contributed by atoms with van der Waals surface area (Å²) in [6.07, 6.45) is 0.696. The van der Waals surface area contributed by atoms with E-state index < -0.39 is 15.8 Å². The normalized spacial score (nSPS) is 19.6. The lowest BCUT2D eigenvalue weighted by molar-refractivity contribution is -0.116. The number of nitrogens with one attached hydrogen (secondary N) is 1. The first-order chi connectivity index (χ1) is 10.4. The molecule has 7 heteroatoms. The van der Waals surface area contributed by atoms with E-state index in [0.29, 0.717) is 17.7 Å². The lowest BCUT2D eigenvalue weighted by atomic mass is 10.0. The van der Waals surface area contributed by atoms with Crippen molar-refractivity contribution in [2.75, 3.05) is 23.4 Å². The van der Waals surface area contributed by atoms with E-state index in [2.05, 4.69) is 5.32 Å². The highest BCUT2D eigenvalue weighted by molar-refractivity contribution is 7.91. The summed E-state index contributed by atoms with van der Waals surface area (Å²) in [5, 5.41) is 2.69. The fourth-order valence-electron chi connectivity index (χ4n) is 2.45. The molecule has 1 amide bonds. The molecular weight excluding hydrogens is 306 g/mol. The van der Waals surface area contributed by atoms with Crippen molar-refractivity contribution >= 4 is 27.4 Å². The average Bonchev–Trinajstić information content (AvgIpc) is 2.78. The molecule has 1 fully saturated rings. The number of ether oxygens (including phenoxy) is 1. The first-order valence-electron chi connectivity index (χ1n) is 7.17. The molecule has 2 rings (SSSR count). The van der Waals surface area contributed by atoms with Gasteiger partial charge in [0.1, 0.15) is 0 Å². The second kappa shape index (κ2) is 6.91. The van der Waals surface area contributed by atoms with Crippen LogP contribution in [0.2, 0.25) is 0 Å². The van der Waals surface area contributed by atoms with E-state index in [9.17, 15) is 18.0 Å². The Morgan fingerprint density at radius 2 is 2.14 bits per heavy atom. The van der Waals surface area contributed by atoms with Crippen molar-refractivity contribution in [2.45, 2.75) is 19.8 Å². The lowest BCUT2D eigenvalue weighted by Crippen LogP contribution is -2.17. The van der Waals surface area contributed by atoms with Crippen LogP contribution in [0.5, 0.6) is 0 Å². The number of esters is 1. The van der Waals surface area contributed by atoms with Gasteiger partial charge in [-0.1, -0.05) is 6.07 Å². The van der Waals surface area contributed by atoms with E-state index in [4.69, 9.17) is 4.74 Å². The maximum Gasteiger partial charge on any atom is 0.338 e. The maximum atomic E-state index is 12.0. The number of amides is 1. The molecule has 120 valence electrons. The van der Waals surface area contributed by atoms with Crippen molar-refractivity contribution in [3.8, 4) is 0 Å². The zero-order chi connectivity index (χ0) is 16.2. The summed E-state index contributed by atoms with van der Waals surface area (Å²) in [5.74, 6) is -0.589. The topological polar surface area (TPSA) is 89.5 Å². The van der Waals surface area contributed by atoms with Crippen LogP contribution in [0.4, 0.5) is 5.69 Å². The lowest BCUT2D eigenvalue weighted by Gasteiger charge is -2.09. The highest BCUT2D eigenvalue weighted by Crippen LogP contribution is 2.22. The minimum Gasteiger partial charge on any atom is -0.462 e. The largest absolute Gasteiger partial charge is 0.462 e. The van der Waals surface area contributed by atoms with E-state index in [1.165, 1.54) is 0 Å². The second-order valence-corrected chi connectivity index (χ2v) is 7.55. The number of anilines is 1. The summed E-state index contributed by atoms with van der Waals surface area (Å²) in [6, 6.07) is 6.48. The Kier molecular flexibility index (Phi) is 5.18. The minimum absolute atomic E-state index is 0.0727. The third-order valence-electron chi connectivity index (χ3n) is 3.46. The van der Waals surface area contributed by atoms with E-state index >= 15 is 0 Å². The third-order valence-corrected chi connectivity index (χ3v) is 5.30. The Morgan fingerprint density at radius 1 is 1.36 bits per heavy atom. The maximum absolute atomic E-state index is 12.0. The van der Waals surface area contributed by atoms with Crippen LogP contribution in [-0.2, 0) is 19.4 Å². The van der Waals surface area contributed by atoms with E-state index in [0.717, 1.165) is 0 Å². The monoisotopic (exact) mass is 325 g/mol. The molecule has 1 aliphatic heterocycles. The number of rotatable bonds is 5. The van der Waals surface area contributed by atoms with Crippen LogP contribution in [0.3, 0.4) is 0 Å². The molecule has 1 heterocycles. The van der Waals surface area contributed by atoms with Crippen LogP contribution in [0.25, 0.3) is 0 Å². The van der Waals surface area contributed by atoms with Crippen LogP contribution in [0.15, 0.2) is 24.3 Å². The van der Waals surface area contributed by atoms with E-state index in [-0.39, 0.29) is 36.4 Å². The highest BCUT2D eigenvalue weighted by atomic mass is 32.2. The number of hydrogen-bond acceptors (Lipinski definition) is 5. The molecule has 0 spiro atoms. The summed E-state index contributed by atoms with van der Waals surface area (Å²) < 4.78 is 27.7. The van der Waals surface area contributed by atoms with Gasteiger partial charge in [-0.05, 0) is 37.5 Å². The molecule has 0 unspecified atom stereocenters. The second-order valence-electron chi connectivity index (χ2n) is 5.32. The van der Waals surface area contributed by atoms with Gasteiger partial charge in [-0.3, -0.25) is 4.79 Å². The van der Waals surface area contributed by atoms with Gasteiger partial charge in [-0.25, -0.2) is 13.2 Å². The number of carbonyl (C=O) groups is 2. The van der Waals surface area contributed by atoms with Gasteiger partial charge < -0.3 is 10.1 Å². The predicted octanol–water partition coefficient (Wildman–Crippen LogP) is 1.63. The van der Waals surface area contributed by atoms with E-state index in [1.807, 2.05) is 0 Å². The first kappa shape index (κ1) is 16.5. The molecule has 1 aromatic carbocycles. The van der Waals surface area contributed by atoms with Crippen molar-refractivity contribution in [2.24, 2.45) is 5.92 Å². The van der Waals surface area contributed by atoms with Crippen LogP contribution >= 0.6 is 0 Å². The molecule has 0 aromatic heterocycles. The van der Waals surface area contributed by atoms with E-state index in [1.54, 1.807) is 31.2 Å². The molecule has 1 atom stereocenters. The van der Waals surface area contributed by atoms with Gasteiger partial charge in [0.2, 0.25) is 5.91 Å². The molecule has 1 aliphatic rings. The van der Waals surface area contributed by atoms with Gasteiger partial charge in [0.05, 0.1) is 23.7 Å².